The SMILES string of the molecule is Cc1cncc(CN2CC(O)CC2CN(C)C)c1. The molecule has 18 heavy (non-hydrogen) atoms. The van der Waals surface area contributed by atoms with E-state index in [0.717, 1.165) is 26.1 Å². The van der Waals surface area contributed by atoms with E-state index < -0.39 is 0 Å². The molecule has 4 heteroatoms. The van der Waals surface area contributed by atoms with Crippen LogP contribution >= 0.6 is 0 Å². The summed E-state index contributed by atoms with van der Waals surface area (Å²) in [5, 5.41) is 9.84. The van der Waals surface area contributed by atoms with Crippen molar-refractivity contribution in [2.24, 2.45) is 0 Å². The number of rotatable bonds is 4. The molecule has 0 radical (unpaired) electrons. The van der Waals surface area contributed by atoms with Crippen molar-refractivity contribution < 1.29 is 5.11 Å². The fraction of sp³-hybridized carbons (Fsp3) is 0.643. The van der Waals surface area contributed by atoms with Crippen molar-refractivity contribution in [3.63, 3.8) is 0 Å². The molecule has 1 fully saturated rings. The number of likely N-dealkylation sites (tertiary alicyclic amines) is 1. The van der Waals surface area contributed by atoms with Crippen LogP contribution in [0.3, 0.4) is 0 Å². The standard InChI is InChI=1S/C14H23N3O/c1-11-4-12(7-15-6-11)8-17-10-14(18)5-13(17)9-16(2)3/h4,6-7,13-14,18H,5,8-10H2,1-3H3. The molecule has 0 spiro atoms. The number of likely N-dealkylation sites (N-methyl/N-ethyl adjacent to an activating group) is 1. The van der Waals surface area contributed by atoms with Gasteiger partial charge in [0, 0.05) is 38.1 Å². The number of aryl methyl sites for hydroxylation is 1. The van der Waals surface area contributed by atoms with Gasteiger partial charge in [0.25, 0.3) is 0 Å². The molecule has 2 heterocycles. The summed E-state index contributed by atoms with van der Waals surface area (Å²) in [5.74, 6) is 0. The van der Waals surface area contributed by atoms with Crippen LogP contribution in [-0.4, -0.2) is 59.2 Å². The highest BCUT2D eigenvalue weighted by molar-refractivity contribution is 5.16. The lowest BCUT2D eigenvalue weighted by Gasteiger charge is -2.26. The molecule has 100 valence electrons. The van der Waals surface area contributed by atoms with Gasteiger partial charge < -0.3 is 10.0 Å². The monoisotopic (exact) mass is 249 g/mol. The van der Waals surface area contributed by atoms with Crippen LogP contribution in [0.5, 0.6) is 0 Å². The molecule has 0 aromatic carbocycles. The van der Waals surface area contributed by atoms with Crippen LogP contribution < -0.4 is 0 Å². The Morgan fingerprint density at radius 1 is 1.44 bits per heavy atom. The normalized spacial score (nSPS) is 24.9. The summed E-state index contributed by atoms with van der Waals surface area (Å²) in [7, 11) is 4.16. The molecule has 1 aromatic heterocycles. The molecule has 1 aliphatic heterocycles. The Morgan fingerprint density at radius 3 is 2.89 bits per heavy atom. The highest BCUT2D eigenvalue weighted by atomic mass is 16.3. The van der Waals surface area contributed by atoms with Crippen LogP contribution in [0, 0.1) is 6.92 Å². The third-order valence-electron chi connectivity index (χ3n) is 3.40. The molecule has 1 aromatic rings. The fourth-order valence-corrected chi connectivity index (χ4v) is 2.70. The molecule has 4 nitrogen and oxygen atoms in total. The molecule has 0 amide bonds. The minimum Gasteiger partial charge on any atom is -0.392 e. The minimum absolute atomic E-state index is 0.187. The van der Waals surface area contributed by atoms with Crippen LogP contribution in [-0.2, 0) is 6.54 Å². The number of β-amino-alcohol motifs (C(OH)–C–C–N with tert-alkyl or cyclic N) is 1. The molecule has 0 aliphatic carbocycles. The summed E-state index contributed by atoms with van der Waals surface area (Å²) in [6.07, 6.45) is 4.48. The van der Waals surface area contributed by atoms with E-state index >= 15 is 0 Å². The van der Waals surface area contributed by atoms with Gasteiger partial charge in [-0.15, -0.1) is 0 Å². The summed E-state index contributed by atoms with van der Waals surface area (Å²) in [4.78, 5) is 8.78. The van der Waals surface area contributed by atoms with E-state index in [2.05, 4.69) is 41.9 Å². The van der Waals surface area contributed by atoms with E-state index in [1.54, 1.807) is 0 Å². The summed E-state index contributed by atoms with van der Waals surface area (Å²) >= 11 is 0. The second-order valence-corrected chi connectivity index (χ2v) is 5.61. The highest BCUT2D eigenvalue weighted by Crippen LogP contribution is 2.21. The molecule has 1 aliphatic rings. The van der Waals surface area contributed by atoms with Gasteiger partial charge >= 0.3 is 0 Å². The van der Waals surface area contributed by atoms with Crippen molar-refractivity contribution in [2.75, 3.05) is 27.2 Å². The Kier molecular flexibility index (Phi) is 4.32. The molecule has 2 atom stereocenters. The first kappa shape index (κ1) is 13.5. The van der Waals surface area contributed by atoms with E-state index in [1.165, 1.54) is 11.1 Å². The van der Waals surface area contributed by atoms with Crippen molar-refractivity contribution in [1.82, 2.24) is 14.8 Å². The van der Waals surface area contributed by atoms with Gasteiger partial charge in [0.05, 0.1) is 6.10 Å². The predicted octanol–water partition coefficient (Wildman–Crippen LogP) is 0.887. The van der Waals surface area contributed by atoms with Gasteiger partial charge in [-0.1, -0.05) is 6.07 Å². The summed E-state index contributed by atoms with van der Waals surface area (Å²) in [6, 6.07) is 2.61. The Labute approximate surface area is 109 Å². The maximum atomic E-state index is 9.84. The average molecular weight is 249 g/mol. The summed E-state index contributed by atoms with van der Waals surface area (Å²) < 4.78 is 0. The number of aliphatic hydroxyl groups excluding tert-OH is 1. The van der Waals surface area contributed by atoms with Gasteiger partial charge in [0.1, 0.15) is 0 Å². The van der Waals surface area contributed by atoms with Crippen molar-refractivity contribution >= 4 is 0 Å². The molecule has 2 rings (SSSR count). The van der Waals surface area contributed by atoms with E-state index in [9.17, 15) is 5.11 Å². The van der Waals surface area contributed by atoms with Crippen molar-refractivity contribution in [3.05, 3.63) is 29.6 Å². The molecular formula is C14H23N3O. The van der Waals surface area contributed by atoms with Crippen LogP contribution in [0.2, 0.25) is 0 Å². The number of aliphatic hydroxyl groups is 1. The summed E-state index contributed by atoms with van der Waals surface area (Å²) in [6.45, 7) is 4.71. The maximum Gasteiger partial charge on any atom is 0.0682 e. The van der Waals surface area contributed by atoms with Crippen molar-refractivity contribution in [3.8, 4) is 0 Å². The third-order valence-corrected chi connectivity index (χ3v) is 3.40. The zero-order valence-electron chi connectivity index (χ0n) is 11.5. The first-order valence-electron chi connectivity index (χ1n) is 6.52. The quantitative estimate of drug-likeness (QED) is 0.860. The van der Waals surface area contributed by atoms with Crippen molar-refractivity contribution in [2.45, 2.75) is 32.0 Å². The number of aromatic nitrogens is 1. The Balaban J connectivity index is 2.02. The maximum absolute atomic E-state index is 9.84. The topological polar surface area (TPSA) is 39.6 Å². The van der Waals surface area contributed by atoms with Gasteiger partial charge in [-0.05, 0) is 38.6 Å². The fourth-order valence-electron chi connectivity index (χ4n) is 2.70. The Hall–Kier alpha value is -0.970. The van der Waals surface area contributed by atoms with E-state index in [-0.39, 0.29) is 6.10 Å². The number of nitrogens with zero attached hydrogens (tertiary/aromatic N) is 3. The van der Waals surface area contributed by atoms with E-state index in [0.29, 0.717) is 6.04 Å². The third kappa shape index (κ3) is 3.51. The van der Waals surface area contributed by atoms with Gasteiger partial charge in [-0.2, -0.15) is 0 Å². The molecule has 1 N–H and O–H groups in total. The van der Waals surface area contributed by atoms with Gasteiger partial charge in [-0.3, -0.25) is 9.88 Å². The van der Waals surface area contributed by atoms with Crippen molar-refractivity contribution in [1.29, 1.82) is 0 Å². The van der Waals surface area contributed by atoms with E-state index in [1.807, 2.05) is 12.4 Å². The Bertz CT molecular complexity index is 394. The molecular weight excluding hydrogens is 226 g/mol. The Morgan fingerprint density at radius 2 is 2.22 bits per heavy atom. The van der Waals surface area contributed by atoms with Gasteiger partial charge in [-0.25, -0.2) is 0 Å². The number of hydrogen-bond donors (Lipinski definition) is 1. The van der Waals surface area contributed by atoms with Crippen LogP contribution in [0.4, 0.5) is 0 Å². The molecule has 0 saturated carbocycles. The molecule has 0 bridgehead atoms. The average Bonchev–Trinajstić information content (AvgIpc) is 2.58. The summed E-state index contributed by atoms with van der Waals surface area (Å²) in [5.41, 5.74) is 2.42. The van der Waals surface area contributed by atoms with Crippen LogP contribution in [0.1, 0.15) is 17.5 Å². The lowest BCUT2D eigenvalue weighted by molar-refractivity contribution is 0.169. The smallest absolute Gasteiger partial charge is 0.0682 e. The minimum atomic E-state index is -0.187. The zero-order chi connectivity index (χ0) is 13.1. The largest absolute Gasteiger partial charge is 0.392 e. The first-order valence-corrected chi connectivity index (χ1v) is 6.52. The number of pyridine rings is 1. The molecule has 1 saturated heterocycles. The van der Waals surface area contributed by atoms with Crippen LogP contribution in [0.25, 0.3) is 0 Å². The van der Waals surface area contributed by atoms with E-state index in [4.69, 9.17) is 0 Å². The van der Waals surface area contributed by atoms with Crippen LogP contribution in [0.15, 0.2) is 18.5 Å². The number of hydrogen-bond acceptors (Lipinski definition) is 4. The predicted molar refractivity (Wildman–Crippen MR) is 72.3 cm³/mol. The van der Waals surface area contributed by atoms with Gasteiger partial charge in [0.2, 0.25) is 0 Å². The first-order chi connectivity index (χ1) is 8.54. The lowest BCUT2D eigenvalue weighted by atomic mass is 10.1. The zero-order valence-corrected chi connectivity index (χ0v) is 11.5. The van der Waals surface area contributed by atoms with Gasteiger partial charge in [0.15, 0.2) is 0 Å². The highest BCUT2D eigenvalue weighted by Gasteiger charge is 2.30. The second kappa shape index (κ2) is 5.78. The molecule has 2 unspecified atom stereocenters. The lowest BCUT2D eigenvalue weighted by Crippen LogP contribution is -2.37. The second-order valence-electron chi connectivity index (χ2n) is 5.61.